The number of hydrogen-bond acceptors (Lipinski definition) is 3. The van der Waals surface area contributed by atoms with Gasteiger partial charge in [-0.1, -0.05) is 39.3 Å². The Morgan fingerprint density at radius 2 is 1.21 bits per heavy atom. The van der Waals surface area contributed by atoms with E-state index in [1.165, 1.54) is 0 Å². The molecular weight excluding hydrogens is 246 g/mol. The molecule has 0 fully saturated rings. The van der Waals surface area contributed by atoms with Crippen LogP contribution >= 0.6 is 17.0 Å². The molecule has 0 bridgehead atoms. The zero-order valence-corrected chi connectivity index (χ0v) is 13.5. The van der Waals surface area contributed by atoms with Crippen LogP contribution in [0.25, 0.3) is 0 Å². The summed E-state index contributed by atoms with van der Waals surface area (Å²) in [6.07, 6.45) is 0. The van der Waals surface area contributed by atoms with E-state index in [1.54, 1.807) is 0 Å². The Morgan fingerprint density at radius 3 is 1.50 bits per heavy atom. The second kappa shape index (κ2) is 4.10. The van der Waals surface area contributed by atoms with Crippen LogP contribution in [0.4, 0.5) is 0 Å². The molecule has 4 nitrogen and oxygen atoms in total. The van der Waals surface area contributed by atoms with E-state index < -0.39 is 16.5 Å². The Balaban J connectivity index is 3.08. The minimum absolute atomic E-state index is 0.990. The van der Waals surface area contributed by atoms with Gasteiger partial charge in [0.2, 0.25) is 0 Å². The zero-order valence-electron chi connectivity index (χ0n) is 9.68. The maximum absolute atomic E-state index is 4.03. The van der Waals surface area contributed by atoms with Gasteiger partial charge in [0.1, 0.15) is 16.5 Å². The van der Waals surface area contributed by atoms with Crippen LogP contribution in [0.5, 0.6) is 0 Å². The molecule has 0 saturated carbocycles. The standard InChI is InChI=1S/C6H18N4P2Si2/c1-13(2,3)10(14(4,5)6)9-11-7-8-12-9/h1-6H3. The van der Waals surface area contributed by atoms with Crippen molar-refractivity contribution in [1.29, 1.82) is 0 Å². The second-order valence-electron chi connectivity index (χ2n) is 5.28. The van der Waals surface area contributed by atoms with Crippen LogP contribution in [0.15, 0.2) is 0 Å². The van der Waals surface area contributed by atoms with Crippen LogP contribution in [0.1, 0.15) is 0 Å². The van der Waals surface area contributed by atoms with E-state index in [0.717, 1.165) is 17.0 Å². The smallest absolute Gasteiger partial charge is 0.177 e. The summed E-state index contributed by atoms with van der Waals surface area (Å²) in [6.45, 7) is 14.3. The Labute approximate surface area is 91.3 Å². The molecule has 0 aliphatic heterocycles. The molecule has 1 rings (SSSR count). The van der Waals surface area contributed by atoms with Crippen molar-refractivity contribution in [1.82, 2.24) is 13.9 Å². The van der Waals surface area contributed by atoms with Gasteiger partial charge in [0.25, 0.3) is 0 Å². The third-order valence-corrected chi connectivity index (χ3v) is 11.0. The lowest BCUT2D eigenvalue weighted by Crippen LogP contribution is -2.63. The van der Waals surface area contributed by atoms with Crippen molar-refractivity contribution < 1.29 is 0 Å². The topological polar surface area (TPSA) is 34.0 Å². The fraction of sp³-hybridized carbons (Fsp3) is 1.00. The van der Waals surface area contributed by atoms with Gasteiger partial charge in [0, 0.05) is 0 Å². The first-order valence-corrected chi connectivity index (χ1v) is 13.1. The van der Waals surface area contributed by atoms with Crippen molar-refractivity contribution in [3.63, 3.8) is 0 Å². The summed E-state index contributed by atoms with van der Waals surface area (Å²) < 4.78 is 4.88. The SMILES string of the molecule is C[Si](C)(C)N(n1pnnp1)[Si](C)(C)C. The van der Waals surface area contributed by atoms with E-state index in [1.807, 2.05) is 0 Å². The molecule has 0 saturated heterocycles. The zero-order chi connectivity index (χ0) is 11.0. The molecule has 0 aliphatic rings. The van der Waals surface area contributed by atoms with Crippen molar-refractivity contribution in [2.75, 3.05) is 4.34 Å². The molecular formula is C6H18N4P2Si2. The van der Waals surface area contributed by atoms with Crippen LogP contribution in [0, 0.1) is 0 Å². The number of hydrogen-bond donors (Lipinski definition) is 0. The Bertz CT molecular complexity index is 276. The van der Waals surface area contributed by atoms with Crippen molar-refractivity contribution in [2.24, 2.45) is 0 Å². The third kappa shape index (κ3) is 2.94. The van der Waals surface area contributed by atoms with Crippen LogP contribution in [0.3, 0.4) is 0 Å². The second-order valence-corrected chi connectivity index (χ2v) is 17.0. The van der Waals surface area contributed by atoms with Crippen LogP contribution in [0.2, 0.25) is 39.3 Å². The largest absolute Gasteiger partial charge is 0.251 e. The van der Waals surface area contributed by atoms with E-state index in [0.29, 0.717) is 0 Å². The molecule has 0 unspecified atom stereocenters. The lowest BCUT2D eigenvalue weighted by atomic mass is 11.8. The average molecular weight is 264 g/mol. The minimum Gasteiger partial charge on any atom is -0.251 e. The predicted octanol–water partition coefficient (Wildman–Crippen LogP) is 3.05. The normalized spacial score (nSPS) is 14.8. The van der Waals surface area contributed by atoms with Crippen molar-refractivity contribution in [3.8, 4) is 0 Å². The van der Waals surface area contributed by atoms with E-state index in [2.05, 4.69) is 57.5 Å². The highest BCUT2D eigenvalue weighted by Crippen LogP contribution is 2.23. The molecule has 14 heavy (non-hydrogen) atoms. The highest BCUT2D eigenvalue weighted by atomic mass is 31.1. The fourth-order valence-electron chi connectivity index (χ4n) is 1.75. The summed E-state index contributed by atoms with van der Waals surface area (Å²) in [5.41, 5.74) is 0. The van der Waals surface area contributed by atoms with E-state index in [-0.39, 0.29) is 0 Å². The molecule has 0 atom stereocenters. The van der Waals surface area contributed by atoms with Gasteiger partial charge in [-0.3, -0.25) is 4.34 Å². The van der Waals surface area contributed by atoms with Crippen LogP contribution in [-0.4, -0.2) is 30.4 Å². The molecule has 80 valence electrons. The maximum Gasteiger partial charge on any atom is 0.177 e. The Hall–Kier alpha value is 0.394. The van der Waals surface area contributed by atoms with Gasteiger partial charge in [0.15, 0.2) is 17.0 Å². The fourth-order valence-corrected chi connectivity index (χ4v) is 15.5. The highest BCUT2D eigenvalue weighted by Gasteiger charge is 2.36. The minimum atomic E-state index is -1.30. The van der Waals surface area contributed by atoms with Gasteiger partial charge in [-0.2, -0.15) is 0 Å². The van der Waals surface area contributed by atoms with Gasteiger partial charge in [0.05, 0.1) is 0 Å². The molecule has 0 aromatic carbocycles. The Kier molecular flexibility index (Phi) is 3.65. The van der Waals surface area contributed by atoms with Gasteiger partial charge in [-0.25, -0.2) is 4.20 Å². The van der Waals surface area contributed by atoms with E-state index in [9.17, 15) is 0 Å². The molecule has 1 aromatic rings. The monoisotopic (exact) mass is 264 g/mol. The summed E-state index contributed by atoms with van der Waals surface area (Å²) in [7, 11) is -0.619. The molecule has 0 amide bonds. The number of nitrogens with zero attached hydrogens (tertiary/aromatic N) is 4. The lowest BCUT2D eigenvalue weighted by Gasteiger charge is -2.42. The molecule has 0 N–H and O–H groups in total. The summed E-state index contributed by atoms with van der Waals surface area (Å²) in [4.78, 5) is 8.05. The Morgan fingerprint density at radius 1 is 0.857 bits per heavy atom. The summed E-state index contributed by atoms with van der Waals surface area (Å²) >= 11 is 0. The van der Waals surface area contributed by atoms with Crippen LogP contribution < -0.4 is 4.34 Å². The summed E-state index contributed by atoms with van der Waals surface area (Å²) in [5, 5.41) is 0. The van der Waals surface area contributed by atoms with E-state index >= 15 is 0 Å². The van der Waals surface area contributed by atoms with Gasteiger partial charge < -0.3 is 0 Å². The highest BCUT2D eigenvalue weighted by molar-refractivity contribution is 7.36. The van der Waals surface area contributed by atoms with Gasteiger partial charge in [-0.15, -0.1) is 9.72 Å². The van der Waals surface area contributed by atoms with Crippen LogP contribution in [-0.2, 0) is 0 Å². The molecule has 0 radical (unpaired) electrons. The molecule has 0 aliphatic carbocycles. The number of rotatable bonds is 3. The summed E-state index contributed by atoms with van der Waals surface area (Å²) in [5.74, 6) is 0. The maximum atomic E-state index is 4.03. The molecule has 1 aromatic heterocycles. The molecule has 1 heterocycles. The van der Waals surface area contributed by atoms with E-state index in [4.69, 9.17) is 0 Å². The van der Waals surface area contributed by atoms with Gasteiger partial charge in [-0.05, 0) is 0 Å². The van der Waals surface area contributed by atoms with Crippen molar-refractivity contribution in [2.45, 2.75) is 39.3 Å². The van der Waals surface area contributed by atoms with Gasteiger partial charge >= 0.3 is 0 Å². The molecule has 8 heteroatoms. The first-order chi connectivity index (χ1) is 6.23. The molecule has 0 spiro atoms. The first kappa shape index (κ1) is 12.5. The quantitative estimate of drug-likeness (QED) is 0.787. The van der Waals surface area contributed by atoms with Crippen molar-refractivity contribution >= 4 is 33.5 Å². The predicted molar refractivity (Wildman–Crippen MR) is 70.0 cm³/mol. The average Bonchev–Trinajstić information content (AvgIpc) is 2.31. The van der Waals surface area contributed by atoms with Crippen molar-refractivity contribution in [3.05, 3.63) is 0 Å². The summed E-state index contributed by atoms with van der Waals surface area (Å²) in [6, 6.07) is 0. The third-order valence-electron chi connectivity index (χ3n) is 1.73. The number of aromatic nitrogens is 3. The first-order valence-electron chi connectivity index (χ1n) is 4.65. The lowest BCUT2D eigenvalue weighted by molar-refractivity contribution is 1.04.